The Bertz CT molecular complexity index is 636. The summed E-state index contributed by atoms with van der Waals surface area (Å²) in [4.78, 5) is 14.9. The molecule has 0 bridgehead atoms. The number of benzene rings is 1. The van der Waals surface area contributed by atoms with Crippen molar-refractivity contribution in [3.63, 3.8) is 0 Å². The zero-order valence-electron chi connectivity index (χ0n) is 11.6. The number of para-hydroxylation sites is 1. The third-order valence-electron chi connectivity index (χ3n) is 3.44. The number of halogens is 2. The zero-order valence-corrected chi connectivity index (χ0v) is 13.1. The number of anilines is 3. The molecule has 0 spiro atoms. The Morgan fingerprint density at radius 3 is 2.57 bits per heavy atom. The molecule has 1 aliphatic heterocycles. The van der Waals surface area contributed by atoms with Crippen molar-refractivity contribution in [2.24, 2.45) is 0 Å². The van der Waals surface area contributed by atoms with E-state index in [4.69, 9.17) is 23.2 Å². The molecule has 0 unspecified atom stereocenters. The van der Waals surface area contributed by atoms with Gasteiger partial charge in [0.15, 0.2) is 0 Å². The van der Waals surface area contributed by atoms with E-state index in [0.717, 1.165) is 37.2 Å². The van der Waals surface area contributed by atoms with Crippen LogP contribution >= 0.6 is 23.2 Å². The molecule has 1 aliphatic rings. The maximum Gasteiger partial charge on any atom is 0.233 e. The van der Waals surface area contributed by atoms with E-state index < -0.39 is 0 Å². The van der Waals surface area contributed by atoms with Crippen LogP contribution in [0.2, 0.25) is 10.3 Å². The van der Waals surface area contributed by atoms with E-state index in [1.165, 1.54) is 0 Å². The minimum Gasteiger partial charge on any atom is -0.341 e. The Morgan fingerprint density at radius 2 is 1.86 bits per heavy atom. The van der Waals surface area contributed by atoms with Gasteiger partial charge in [-0.3, -0.25) is 0 Å². The summed E-state index contributed by atoms with van der Waals surface area (Å²) in [5, 5.41) is 3.94. The van der Waals surface area contributed by atoms with Crippen LogP contribution in [0.3, 0.4) is 0 Å². The SMILES string of the molecule is Cc1cccc(Cl)c1Nc1nc(Cl)nc(N2CCCC2)n1. The minimum atomic E-state index is 0.180. The Hall–Kier alpha value is -1.59. The van der Waals surface area contributed by atoms with E-state index in [1.807, 2.05) is 25.1 Å². The molecule has 1 saturated heterocycles. The van der Waals surface area contributed by atoms with Crippen LogP contribution in [0.15, 0.2) is 18.2 Å². The number of nitrogens with zero attached hydrogens (tertiary/aromatic N) is 4. The molecule has 0 amide bonds. The van der Waals surface area contributed by atoms with Crippen LogP contribution in [0.4, 0.5) is 17.6 Å². The highest BCUT2D eigenvalue weighted by Gasteiger charge is 2.17. The van der Waals surface area contributed by atoms with Crippen molar-refractivity contribution in [2.45, 2.75) is 19.8 Å². The Kier molecular flexibility index (Phi) is 4.12. The van der Waals surface area contributed by atoms with Crippen LogP contribution in [0, 0.1) is 6.92 Å². The van der Waals surface area contributed by atoms with Gasteiger partial charge in [0.25, 0.3) is 0 Å². The fourth-order valence-corrected chi connectivity index (χ4v) is 2.78. The van der Waals surface area contributed by atoms with Crippen LogP contribution in [0.1, 0.15) is 18.4 Å². The normalized spacial score (nSPS) is 14.5. The summed E-state index contributed by atoms with van der Waals surface area (Å²) in [6.07, 6.45) is 2.30. The molecule has 110 valence electrons. The fraction of sp³-hybridized carbons (Fsp3) is 0.357. The second-order valence-electron chi connectivity index (χ2n) is 4.98. The first-order valence-electron chi connectivity index (χ1n) is 6.82. The summed E-state index contributed by atoms with van der Waals surface area (Å²) in [6, 6.07) is 5.69. The largest absolute Gasteiger partial charge is 0.341 e. The fourth-order valence-electron chi connectivity index (χ4n) is 2.36. The van der Waals surface area contributed by atoms with Crippen LogP contribution < -0.4 is 10.2 Å². The lowest BCUT2D eigenvalue weighted by Crippen LogP contribution is -2.21. The van der Waals surface area contributed by atoms with Gasteiger partial charge in [-0.15, -0.1) is 0 Å². The van der Waals surface area contributed by atoms with Gasteiger partial charge >= 0.3 is 0 Å². The van der Waals surface area contributed by atoms with Gasteiger partial charge in [0.1, 0.15) is 0 Å². The Balaban J connectivity index is 1.91. The van der Waals surface area contributed by atoms with E-state index in [-0.39, 0.29) is 5.28 Å². The van der Waals surface area contributed by atoms with Gasteiger partial charge in [0.2, 0.25) is 17.2 Å². The zero-order chi connectivity index (χ0) is 14.8. The first-order chi connectivity index (χ1) is 10.1. The van der Waals surface area contributed by atoms with Crippen molar-refractivity contribution in [1.82, 2.24) is 15.0 Å². The molecule has 1 N–H and O–H groups in total. The third kappa shape index (κ3) is 3.19. The van der Waals surface area contributed by atoms with E-state index in [1.54, 1.807) is 0 Å². The molecule has 5 nitrogen and oxygen atoms in total. The first kappa shape index (κ1) is 14.4. The van der Waals surface area contributed by atoms with Gasteiger partial charge in [0, 0.05) is 13.1 Å². The van der Waals surface area contributed by atoms with E-state index >= 15 is 0 Å². The van der Waals surface area contributed by atoms with Crippen LogP contribution in [0.5, 0.6) is 0 Å². The monoisotopic (exact) mass is 323 g/mol. The maximum atomic E-state index is 6.21. The lowest BCUT2D eigenvalue weighted by atomic mass is 10.2. The molecule has 1 fully saturated rings. The number of aryl methyl sites for hydroxylation is 1. The minimum absolute atomic E-state index is 0.180. The smallest absolute Gasteiger partial charge is 0.233 e. The predicted octanol–water partition coefficient (Wildman–Crippen LogP) is 3.83. The van der Waals surface area contributed by atoms with Crippen LogP contribution in [-0.2, 0) is 0 Å². The average molecular weight is 324 g/mol. The van der Waals surface area contributed by atoms with Gasteiger partial charge in [-0.2, -0.15) is 15.0 Å². The molecular weight excluding hydrogens is 309 g/mol. The van der Waals surface area contributed by atoms with E-state index in [0.29, 0.717) is 16.9 Å². The van der Waals surface area contributed by atoms with Crippen molar-refractivity contribution in [3.05, 3.63) is 34.1 Å². The van der Waals surface area contributed by atoms with Crippen molar-refractivity contribution in [3.8, 4) is 0 Å². The molecule has 21 heavy (non-hydrogen) atoms. The average Bonchev–Trinajstić information content (AvgIpc) is 2.97. The first-order valence-corrected chi connectivity index (χ1v) is 7.58. The second-order valence-corrected chi connectivity index (χ2v) is 5.72. The second kappa shape index (κ2) is 6.03. The summed E-state index contributed by atoms with van der Waals surface area (Å²) < 4.78 is 0. The number of aromatic nitrogens is 3. The summed E-state index contributed by atoms with van der Waals surface area (Å²) >= 11 is 12.2. The molecule has 0 atom stereocenters. The van der Waals surface area contributed by atoms with Gasteiger partial charge < -0.3 is 10.2 Å². The Labute approximate surface area is 133 Å². The molecule has 2 aromatic rings. The van der Waals surface area contributed by atoms with Crippen molar-refractivity contribution < 1.29 is 0 Å². The summed E-state index contributed by atoms with van der Waals surface area (Å²) in [5.74, 6) is 1.02. The highest BCUT2D eigenvalue weighted by Crippen LogP contribution is 2.28. The van der Waals surface area contributed by atoms with Crippen molar-refractivity contribution in [1.29, 1.82) is 0 Å². The Morgan fingerprint density at radius 1 is 1.10 bits per heavy atom. The van der Waals surface area contributed by atoms with Gasteiger partial charge in [0.05, 0.1) is 10.7 Å². The predicted molar refractivity (Wildman–Crippen MR) is 85.8 cm³/mol. The topological polar surface area (TPSA) is 53.9 Å². The summed E-state index contributed by atoms with van der Waals surface area (Å²) in [6.45, 7) is 3.87. The highest BCUT2D eigenvalue weighted by molar-refractivity contribution is 6.33. The lowest BCUT2D eigenvalue weighted by molar-refractivity contribution is 0.883. The van der Waals surface area contributed by atoms with Crippen LogP contribution in [-0.4, -0.2) is 28.0 Å². The molecule has 7 heteroatoms. The lowest BCUT2D eigenvalue weighted by Gasteiger charge is -2.16. The molecule has 2 heterocycles. The van der Waals surface area contributed by atoms with Crippen LogP contribution in [0.25, 0.3) is 0 Å². The van der Waals surface area contributed by atoms with E-state index in [2.05, 4.69) is 25.2 Å². The third-order valence-corrected chi connectivity index (χ3v) is 3.93. The molecule has 1 aromatic carbocycles. The van der Waals surface area contributed by atoms with Gasteiger partial charge in [-0.05, 0) is 43.0 Å². The molecule has 1 aromatic heterocycles. The summed E-state index contributed by atoms with van der Waals surface area (Å²) in [5.41, 5.74) is 1.80. The standard InChI is InChI=1S/C14H15Cl2N5/c1-9-5-4-6-10(15)11(9)17-13-18-12(16)19-14(20-13)21-7-2-3-8-21/h4-6H,2-3,7-8H2,1H3,(H,17,18,19,20). The number of hydrogen-bond acceptors (Lipinski definition) is 5. The van der Waals surface area contributed by atoms with Crippen molar-refractivity contribution in [2.75, 3.05) is 23.3 Å². The van der Waals surface area contributed by atoms with Gasteiger partial charge in [-0.25, -0.2) is 0 Å². The summed E-state index contributed by atoms with van der Waals surface area (Å²) in [7, 11) is 0. The molecule has 0 saturated carbocycles. The number of hydrogen-bond donors (Lipinski definition) is 1. The maximum absolute atomic E-state index is 6.21. The van der Waals surface area contributed by atoms with E-state index in [9.17, 15) is 0 Å². The highest BCUT2D eigenvalue weighted by atomic mass is 35.5. The quantitative estimate of drug-likeness (QED) is 0.930. The van der Waals surface area contributed by atoms with Crippen molar-refractivity contribution >= 4 is 40.8 Å². The molecular formula is C14H15Cl2N5. The molecule has 0 radical (unpaired) electrons. The molecule has 3 rings (SSSR count). The number of nitrogens with one attached hydrogen (secondary N) is 1. The van der Waals surface area contributed by atoms with Gasteiger partial charge in [-0.1, -0.05) is 23.7 Å². The molecule has 0 aliphatic carbocycles. The number of rotatable bonds is 3.